The molecule has 1 atom stereocenters. The van der Waals surface area contributed by atoms with E-state index in [1.54, 1.807) is 17.8 Å². The fourth-order valence-corrected chi connectivity index (χ4v) is 2.86. The molecule has 0 aliphatic heterocycles. The molecule has 1 unspecified atom stereocenters. The molecule has 0 amide bonds. The van der Waals surface area contributed by atoms with Crippen LogP contribution in [0, 0.1) is 0 Å². The van der Waals surface area contributed by atoms with Crippen molar-refractivity contribution >= 4 is 11.8 Å². The van der Waals surface area contributed by atoms with E-state index in [1.807, 2.05) is 6.92 Å². The lowest BCUT2D eigenvalue weighted by atomic mass is 10.0. The van der Waals surface area contributed by atoms with E-state index in [9.17, 15) is 13.2 Å². The second kappa shape index (κ2) is 8.54. The maximum absolute atomic E-state index is 12.7. The van der Waals surface area contributed by atoms with Gasteiger partial charge in [0.05, 0.1) is 5.56 Å². The average Bonchev–Trinajstić information content (AvgIpc) is 2.41. The van der Waals surface area contributed by atoms with Crippen LogP contribution in [0.15, 0.2) is 24.3 Å². The molecule has 2 nitrogen and oxygen atoms in total. The quantitative estimate of drug-likeness (QED) is 0.721. The molecule has 1 aromatic rings. The van der Waals surface area contributed by atoms with Gasteiger partial charge in [0.2, 0.25) is 0 Å². The van der Waals surface area contributed by atoms with Crippen LogP contribution in [0.1, 0.15) is 30.5 Å². The van der Waals surface area contributed by atoms with E-state index in [4.69, 9.17) is 5.11 Å². The molecule has 1 aromatic carbocycles. The molecular weight excluding hydrogens is 287 g/mol. The SMILES string of the molecule is CCNC(CSCCCO)c1cccc(C(F)(F)F)c1. The fourth-order valence-electron chi connectivity index (χ4n) is 1.82. The van der Waals surface area contributed by atoms with Gasteiger partial charge in [0.25, 0.3) is 0 Å². The third-order valence-corrected chi connectivity index (χ3v) is 3.94. The second-order valence-corrected chi connectivity index (χ2v) is 5.54. The van der Waals surface area contributed by atoms with Crippen LogP contribution in [0.2, 0.25) is 0 Å². The van der Waals surface area contributed by atoms with Crippen molar-refractivity contribution in [3.05, 3.63) is 35.4 Å². The van der Waals surface area contributed by atoms with Crippen molar-refractivity contribution in [2.45, 2.75) is 25.6 Å². The van der Waals surface area contributed by atoms with Gasteiger partial charge in [0.15, 0.2) is 0 Å². The van der Waals surface area contributed by atoms with E-state index in [0.29, 0.717) is 24.3 Å². The number of hydrogen-bond donors (Lipinski definition) is 2. The highest BCUT2D eigenvalue weighted by atomic mass is 32.2. The molecule has 2 N–H and O–H groups in total. The van der Waals surface area contributed by atoms with Gasteiger partial charge in [-0.1, -0.05) is 19.1 Å². The standard InChI is InChI=1S/C14H20F3NOS/c1-2-18-13(10-20-8-4-7-19)11-5-3-6-12(9-11)14(15,16)17/h3,5-6,9,13,18-19H,2,4,7-8,10H2,1H3. The first-order chi connectivity index (χ1) is 9.49. The lowest BCUT2D eigenvalue weighted by Crippen LogP contribution is -2.23. The molecule has 0 heterocycles. The van der Waals surface area contributed by atoms with Crippen molar-refractivity contribution in [2.75, 3.05) is 24.7 Å². The summed E-state index contributed by atoms with van der Waals surface area (Å²) in [6, 6.07) is 5.35. The van der Waals surface area contributed by atoms with E-state index in [2.05, 4.69) is 5.32 Å². The highest BCUT2D eigenvalue weighted by molar-refractivity contribution is 7.99. The summed E-state index contributed by atoms with van der Waals surface area (Å²) in [7, 11) is 0. The summed E-state index contributed by atoms with van der Waals surface area (Å²) in [6.07, 6.45) is -3.61. The number of benzene rings is 1. The first-order valence-corrected chi connectivity index (χ1v) is 7.73. The Kier molecular flexibility index (Phi) is 7.40. The van der Waals surface area contributed by atoms with Crippen molar-refractivity contribution in [3.63, 3.8) is 0 Å². The zero-order valence-corrected chi connectivity index (χ0v) is 12.2. The molecule has 0 saturated heterocycles. The average molecular weight is 307 g/mol. The zero-order chi connectivity index (χ0) is 15.0. The third-order valence-electron chi connectivity index (χ3n) is 2.80. The molecule has 20 heavy (non-hydrogen) atoms. The van der Waals surface area contributed by atoms with Crippen LogP contribution in [0.25, 0.3) is 0 Å². The Morgan fingerprint density at radius 2 is 2.10 bits per heavy atom. The first-order valence-electron chi connectivity index (χ1n) is 6.58. The van der Waals surface area contributed by atoms with Gasteiger partial charge < -0.3 is 10.4 Å². The van der Waals surface area contributed by atoms with Gasteiger partial charge in [-0.2, -0.15) is 24.9 Å². The van der Waals surface area contributed by atoms with Crippen molar-refractivity contribution in [1.82, 2.24) is 5.32 Å². The molecule has 0 bridgehead atoms. The predicted octanol–water partition coefficient (Wildman–Crippen LogP) is 3.47. The van der Waals surface area contributed by atoms with Crippen LogP contribution in [-0.4, -0.2) is 29.8 Å². The molecule has 0 aliphatic rings. The van der Waals surface area contributed by atoms with Gasteiger partial charge in [-0.25, -0.2) is 0 Å². The Morgan fingerprint density at radius 1 is 1.35 bits per heavy atom. The number of aliphatic hydroxyl groups is 1. The van der Waals surface area contributed by atoms with Crippen LogP contribution in [-0.2, 0) is 6.18 Å². The smallest absolute Gasteiger partial charge is 0.396 e. The Labute approximate surface area is 121 Å². The Bertz CT molecular complexity index is 398. The van der Waals surface area contributed by atoms with Gasteiger partial charge in [0, 0.05) is 18.4 Å². The molecule has 0 aromatic heterocycles. The minimum absolute atomic E-state index is 0.106. The van der Waals surface area contributed by atoms with E-state index >= 15 is 0 Å². The molecule has 0 fully saturated rings. The minimum Gasteiger partial charge on any atom is -0.396 e. The lowest BCUT2D eigenvalue weighted by Gasteiger charge is -2.19. The summed E-state index contributed by atoms with van der Waals surface area (Å²) >= 11 is 1.63. The van der Waals surface area contributed by atoms with Crippen LogP contribution in [0.5, 0.6) is 0 Å². The fraction of sp³-hybridized carbons (Fsp3) is 0.571. The summed E-state index contributed by atoms with van der Waals surface area (Å²) in [4.78, 5) is 0. The molecule has 0 saturated carbocycles. The summed E-state index contributed by atoms with van der Waals surface area (Å²) in [6.45, 7) is 2.77. The van der Waals surface area contributed by atoms with Gasteiger partial charge in [-0.15, -0.1) is 0 Å². The number of alkyl halides is 3. The number of nitrogens with one attached hydrogen (secondary N) is 1. The maximum Gasteiger partial charge on any atom is 0.416 e. The number of halogens is 3. The number of aliphatic hydroxyl groups excluding tert-OH is 1. The normalized spacial score (nSPS) is 13.4. The van der Waals surface area contributed by atoms with E-state index < -0.39 is 11.7 Å². The zero-order valence-electron chi connectivity index (χ0n) is 11.4. The third kappa shape index (κ3) is 5.73. The van der Waals surface area contributed by atoms with Crippen molar-refractivity contribution in [2.24, 2.45) is 0 Å². The maximum atomic E-state index is 12.7. The molecule has 6 heteroatoms. The minimum atomic E-state index is -4.31. The topological polar surface area (TPSA) is 32.3 Å². The van der Waals surface area contributed by atoms with Gasteiger partial charge in [-0.3, -0.25) is 0 Å². The van der Waals surface area contributed by atoms with Crippen molar-refractivity contribution < 1.29 is 18.3 Å². The van der Waals surface area contributed by atoms with Gasteiger partial charge in [0.1, 0.15) is 0 Å². The highest BCUT2D eigenvalue weighted by Gasteiger charge is 2.30. The predicted molar refractivity (Wildman–Crippen MR) is 76.9 cm³/mol. The van der Waals surface area contributed by atoms with E-state index in [0.717, 1.165) is 11.8 Å². The van der Waals surface area contributed by atoms with Gasteiger partial charge in [-0.05, 0) is 36.4 Å². The summed E-state index contributed by atoms with van der Waals surface area (Å²) in [5.41, 5.74) is 0.0384. The molecule has 0 radical (unpaired) electrons. The van der Waals surface area contributed by atoms with Crippen LogP contribution < -0.4 is 5.32 Å². The monoisotopic (exact) mass is 307 g/mol. The number of thioether (sulfide) groups is 1. The summed E-state index contributed by atoms with van der Waals surface area (Å²) in [5.74, 6) is 1.49. The Balaban J connectivity index is 2.75. The number of rotatable bonds is 8. The highest BCUT2D eigenvalue weighted by Crippen LogP contribution is 2.31. The van der Waals surface area contributed by atoms with E-state index in [1.165, 1.54) is 12.1 Å². The Morgan fingerprint density at radius 3 is 2.70 bits per heavy atom. The summed E-state index contributed by atoms with van der Waals surface area (Å²) < 4.78 is 38.1. The van der Waals surface area contributed by atoms with Crippen LogP contribution in [0.3, 0.4) is 0 Å². The van der Waals surface area contributed by atoms with Crippen LogP contribution >= 0.6 is 11.8 Å². The van der Waals surface area contributed by atoms with Crippen molar-refractivity contribution in [3.8, 4) is 0 Å². The number of hydrogen-bond acceptors (Lipinski definition) is 3. The first kappa shape index (κ1) is 17.3. The molecule has 114 valence electrons. The largest absolute Gasteiger partial charge is 0.416 e. The summed E-state index contributed by atoms with van der Waals surface area (Å²) in [5, 5.41) is 11.9. The molecule has 0 aliphatic carbocycles. The van der Waals surface area contributed by atoms with Gasteiger partial charge >= 0.3 is 6.18 Å². The lowest BCUT2D eigenvalue weighted by molar-refractivity contribution is -0.137. The van der Waals surface area contributed by atoms with Crippen LogP contribution in [0.4, 0.5) is 13.2 Å². The second-order valence-electron chi connectivity index (χ2n) is 4.39. The van der Waals surface area contributed by atoms with Crippen molar-refractivity contribution in [1.29, 1.82) is 0 Å². The van der Waals surface area contributed by atoms with E-state index in [-0.39, 0.29) is 12.6 Å². The molecular formula is C14H20F3NOS. The molecule has 0 spiro atoms. The molecule has 1 rings (SSSR count). The Hall–Kier alpha value is -0.720.